The van der Waals surface area contributed by atoms with E-state index in [1.807, 2.05) is 0 Å². The summed E-state index contributed by atoms with van der Waals surface area (Å²) < 4.78 is 0. The first kappa shape index (κ1) is 20.2. The molecule has 1 aromatic heterocycles. The third kappa shape index (κ3) is 5.74. The number of anilines is 1. The number of amides is 2. The molecule has 3 rings (SSSR count). The average molecular weight is 432 g/mol. The van der Waals surface area contributed by atoms with Crippen LogP contribution in [0, 0.1) is 0 Å². The molecule has 148 valence electrons. The Labute approximate surface area is 173 Å². The number of carbonyl (C=O) groups is 2. The van der Waals surface area contributed by atoms with Crippen molar-refractivity contribution in [1.82, 2.24) is 15.6 Å². The third-order valence-corrected chi connectivity index (χ3v) is 4.60. The smallest absolute Gasteiger partial charge is 0.257 e. The number of hydrazone groups is 1. The molecule has 0 fully saturated rings. The molecule has 3 aromatic rings. The van der Waals surface area contributed by atoms with E-state index < -0.39 is 5.91 Å². The topological polar surface area (TPSA) is 137 Å². The van der Waals surface area contributed by atoms with Crippen LogP contribution in [0.25, 0.3) is 0 Å². The van der Waals surface area contributed by atoms with Crippen molar-refractivity contribution < 1.29 is 19.8 Å². The maximum atomic E-state index is 12.1. The Balaban J connectivity index is 1.51. The zero-order valence-electron chi connectivity index (χ0n) is 14.7. The first-order valence-corrected chi connectivity index (χ1v) is 9.33. The Hall–Kier alpha value is -3.50. The lowest BCUT2D eigenvalue weighted by atomic mass is 10.2. The van der Waals surface area contributed by atoms with Crippen molar-refractivity contribution in [3.63, 3.8) is 0 Å². The van der Waals surface area contributed by atoms with Crippen molar-refractivity contribution in [3.05, 3.63) is 63.6 Å². The van der Waals surface area contributed by atoms with Crippen molar-refractivity contribution in [2.75, 3.05) is 5.32 Å². The number of benzene rings is 2. The summed E-state index contributed by atoms with van der Waals surface area (Å²) in [5, 5.41) is 33.9. The fraction of sp³-hybridized carbons (Fsp3) is 0.0556. The summed E-state index contributed by atoms with van der Waals surface area (Å²) >= 11 is 6.86. The van der Waals surface area contributed by atoms with E-state index in [0.29, 0.717) is 21.2 Å². The molecule has 0 radical (unpaired) electrons. The molecule has 0 aliphatic rings. The van der Waals surface area contributed by atoms with Crippen molar-refractivity contribution in [2.24, 2.45) is 5.10 Å². The van der Waals surface area contributed by atoms with Gasteiger partial charge < -0.3 is 10.2 Å². The summed E-state index contributed by atoms with van der Waals surface area (Å²) in [6.45, 7) is 0. The van der Waals surface area contributed by atoms with Crippen molar-refractivity contribution >= 4 is 46.1 Å². The molecule has 2 aromatic carbocycles. The molecule has 0 atom stereocenters. The molecule has 0 saturated heterocycles. The summed E-state index contributed by atoms with van der Waals surface area (Å²) in [5.41, 5.74) is 3.23. The van der Waals surface area contributed by atoms with Crippen molar-refractivity contribution in [2.45, 2.75) is 6.42 Å². The first-order chi connectivity index (χ1) is 13.9. The molecule has 0 unspecified atom stereocenters. The van der Waals surface area contributed by atoms with Gasteiger partial charge in [0.1, 0.15) is 5.01 Å². The molecule has 2 amide bonds. The lowest BCUT2D eigenvalue weighted by Crippen LogP contribution is -2.19. The highest BCUT2D eigenvalue weighted by Crippen LogP contribution is 2.24. The van der Waals surface area contributed by atoms with Gasteiger partial charge in [-0.25, -0.2) is 5.43 Å². The van der Waals surface area contributed by atoms with E-state index in [4.69, 9.17) is 11.6 Å². The summed E-state index contributed by atoms with van der Waals surface area (Å²) in [5.74, 6) is -1.34. The van der Waals surface area contributed by atoms with Gasteiger partial charge in [-0.1, -0.05) is 22.9 Å². The summed E-state index contributed by atoms with van der Waals surface area (Å²) in [4.78, 5) is 24.1. The Morgan fingerprint density at radius 2 is 1.86 bits per heavy atom. The highest BCUT2D eigenvalue weighted by Gasteiger charge is 2.12. The van der Waals surface area contributed by atoms with E-state index in [1.165, 1.54) is 24.4 Å². The van der Waals surface area contributed by atoms with Crippen LogP contribution < -0.4 is 10.7 Å². The number of phenolic OH excluding ortho intramolecular Hbond substituents is 2. The van der Waals surface area contributed by atoms with Gasteiger partial charge in [0.25, 0.3) is 5.91 Å². The highest BCUT2D eigenvalue weighted by molar-refractivity contribution is 7.15. The average Bonchev–Trinajstić information content (AvgIpc) is 3.11. The third-order valence-electron chi connectivity index (χ3n) is 3.51. The fourth-order valence-corrected chi connectivity index (χ4v) is 2.98. The van der Waals surface area contributed by atoms with Crippen LogP contribution in [-0.2, 0) is 11.2 Å². The predicted octanol–water partition coefficient (Wildman–Crippen LogP) is 2.55. The van der Waals surface area contributed by atoms with Gasteiger partial charge in [0.15, 0.2) is 11.5 Å². The second-order valence-electron chi connectivity index (χ2n) is 5.68. The lowest BCUT2D eigenvalue weighted by Gasteiger charge is -2.00. The van der Waals surface area contributed by atoms with Gasteiger partial charge in [-0.05, 0) is 48.0 Å². The van der Waals surface area contributed by atoms with Gasteiger partial charge in [-0.2, -0.15) is 5.10 Å². The second kappa shape index (κ2) is 9.13. The van der Waals surface area contributed by atoms with E-state index in [-0.39, 0.29) is 29.0 Å². The molecule has 0 spiro atoms. The van der Waals surface area contributed by atoms with Crippen LogP contribution in [0.5, 0.6) is 11.5 Å². The second-order valence-corrected chi connectivity index (χ2v) is 7.18. The van der Waals surface area contributed by atoms with E-state index in [1.54, 1.807) is 24.3 Å². The minimum Gasteiger partial charge on any atom is -0.504 e. The van der Waals surface area contributed by atoms with Crippen LogP contribution in [0.15, 0.2) is 47.6 Å². The van der Waals surface area contributed by atoms with E-state index >= 15 is 0 Å². The van der Waals surface area contributed by atoms with Crippen LogP contribution in [0.2, 0.25) is 5.02 Å². The van der Waals surface area contributed by atoms with Crippen molar-refractivity contribution in [3.8, 4) is 11.5 Å². The fourth-order valence-electron chi connectivity index (χ4n) is 2.12. The quantitative estimate of drug-likeness (QED) is 0.269. The minimum absolute atomic E-state index is 0.0767. The van der Waals surface area contributed by atoms with E-state index in [0.717, 1.165) is 11.3 Å². The molecule has 0 aliphatic heterocycles. The number of nitrogens with zero attached hydrogens (tertiary/aromatic N) is 3. The molecule has 0 aliphatic carbocycles. The van der Waals surface area contributed by atoms with Crippen LogP contribution >= 0.6 is 22.9 Å². The number of hydrogen-bond donors (Lipinski definition) is 4. The standard InChI is InChI=1S/C18H14ClN5O4S/c19-12-4-2-11(3-5-12)17(28)21-18-24-23-16(29-18)8-15(27)22-20-9-10-1-6-13(25)14(26)7-10/h1-7,9,25-26H,8H2,(H,22,27)(H,21,24,28). The number of phenols is 2. The van der Waals surface area contributed by atoms with Crippen LogP contribution in [-0.4, -0.2) is 38.4 Å². The van der Waals surface area contributed by atoms with E-state index in [9.17, 15) is 19.8 Å². The van der Waals surface area contributed by atoms with Gasteiger partial charge >= 0.3 is 0 Å². The molecule has 1 heterocycles. The maximum absolute atomic E-state index is 12.1. The van der Waals surface area contributed by atoms with Crippen LogP contribution in [0.4, 0.5) is 5.13 Å². The van der Waals surface area contributed by atoms with Gasteiger partial charge in [0.05, 0.1) is 12.6 Å². The number of rotatable bonds is 6. The Morgan fingerprint density at radius 3 is 2.59 bits per heavy atom. The summed E-state index contributed by atoms with van der Waals surface area (Å²) in [6, 6.07) is 10.5. The lowest BCUT2D eigenvalue weighted by molar-refractivity contribution is -0.120. The predicted molar refractivity (Wildman–Crippen MR) is 109 cm³/mol. The van der Waals surface area contributed by atoms with Gasteiger partial charge in [-0.15, -0.1) is 10.2 Å². The van der Waals surface area contributed by atoms with Gasteiger partial charge in [0, 0.05) is 10.6 Å². The number of aromatic nitrogens is 2. The summed E-state index contributed by atoms with van der Waals surface area (Å²) in [6.07, 6.45) is 1.24. The SMILES string of the molecule is O=C(Cc1nnc(NC(=O)c2ccc(Cl)cc2)s1)NN=Cc1ccc(O)c(O)c1. The maximum Gasteiger partial charge on any atom is 0.257 e. The van der Waals surface area contributed by atoms with Crippen molar-refractivity contribution in [1.29, 1.82) is 0 Å². The molecular weight excluding hydrogens is 418 g/mol. The molecule has 4 N–H and O–H groups in total. The molecule has 0 saturated carbocycles. The Morgan fingerprint density at radius 1 is 1.10 bits per heavy atom. The molecular formula is C18H14ClN5O4S. The molecule has 9 nitrogen and oxygen atoms in total. The highest BCUT2D eigenvalue weighted by atomic mass is 35.5. The van der Waals surface area contributed by atoms with Crippen LogP contribution in [0.3, 0.4) is 0 Å². The monoisotopic (exact) mass is 431 g/mol. The van der Waals surface area contributed by atoms with Gasteiger partial charge in [0.2, 0.25) is 11.0 Å². The molecule has 29 heavy (non-hydrogen) atoms. The first-order valence-electron chi connectivity index (χ1n) is 8.14. The number of carbonyl (C=O) groups excluding carboxylic acids is 2. The zero-order valence-corrected chi connectivity index (χ0v) is 16.2. The number of hydrogen-bond acceptors (Lipinski definition) is 8. The summed E-state index contributed by atoms with van der Waals surface area (Å²) in [7, 11) is 0. The molecule has 11 heteroatoms. The number of aromatic hydroxyl groups is 2. The zero-order chi connectivity index (χ0) is 20.8. The number of halogens is 1. The Bertz CT molecular complexity index is 1070. The largest absolute Gasteiger partial charge is 0.504 e. The number of nitrogens with one attached hydrogen (secondary N) is 2. The minimum atomic E-state index is -0.434. The molecule has 0 bridgehead atoms. The Kier molecular flexibility index (Phi) is 6.37. The van der Waals surface area contributed by atoms with E-state index in [2.05, 4.69) is 26.0 Å². The van der Waals surface area contributed by atoms with Gasteiger partial charge in [-0.3, -0.25) is 14.9 Å². The normalized spacial score (nSPS) is 10.8. The van der Waals surface area contributed by atoms with Crippen LogP contribution in [0.1, 0.15) is 20.9 Å².